The van der Waals surface area contributed by atoms with E-state index in [1.54, 1.807) is 0 Å². The maximum absolute atomic E-state index is 11.9. The van der Waals surface area contributed by atoms with Crippen LogP contribution in [0.5, 0.6) is 0 Å². The standard InChI is InChI=1S/C17H16N2O2S2/c20-23(21)10-15-16(11-23)19(17(22)18-15)14-8-6-13(7-9-14)12-4-2-1-3-5-12/h1-9,15-16H,10-11H2,(H,18,22)/t15-,16+/m0/s1. The summed E-state index contributed by atoms with van der Waals surface area (Å²) in [6.45, 7) is 0. The molecule has 2 aromatic rings. The molecule has 4 nitrogen and oxygen atoms in total. The summed E-state index contributed by atoms with van der Waals surface area (Å²) >= 11 is 5.40. The average molecular weight is 344 g/mol. The van der Waals surface area contributed by atoms with E-state index in [-0.39, 0.29) is 23.6 Å². The fourth-order valence-corrected chi connectivity index (χ4v) is 5.64. The second kappa shape index (κ2) is 5.32. The zero-order valence-electron chi connectivity index (χ0n) is 12.3. The molecular weight excluding hydrogens is 328 g/mol. The first-order chi connectivity index (χ1) is 11.0. The van der Waals surface area contributed by atoms with E-state index >= 15 is 0 Å². The number of sulfone groups is 1. The highest BCUT2D eigenvalue weighted by atomic mass is 32.2. The number of rotatable bonds is 2. The topological polar surface area (TPSA) is 49.4 Å². The Hall–Kier alpha value is -1.92. The van der Waals surface area contributed by atoms with E-state index in [9.17, 15) is 8.42 Å². The minimum atomic E-state index is -2.98. The number of nitrogens with one attached hydrogen (secondary N) is 1. The normalized spacial score (nSPS) is 25.2. The maximum Gasteiger partial charge on any atom is 0.174 e. The van der Waals surface area contributed by atoms with Crippen LogP contribution in [0.4, 0.5) is 5.69 Å². The molecule has 0 saturated carbocycles. The van der Waals surface area contributed by atoms with Crippen molar-refractivity contribution in [2.24, 2.45) is 0 Å². The lowest BCUT2D eigenvalue weighted by Crippen LogP contribution is -2.36. The monoisotopic (exact) mass is 344 g/mol. The molecule has 2 saturated heterocycles. The molecule has 6 heteroatoms. The summed E-state index contributed by atoms with van der Waals surface area (Å²) in [4.78, 5) is 1.94. The van der Waals surface area contributed by atoms with Crippen LogP contribution in [0.1, 0.15) is 0 Å². The van der Waals surface area contributed by atoms with E-state index in [0.29, 0.717) is 5.11 Å². The first-order valence-electron chi connectivity index (χ1n) is 7.49. The minimum absolute atomic E-state index is 0.0960. The lowest BCUT2D eigenvalue weighted by molar-refractivity contribution is 0.600. The molecule has 2 heterocycles. The summed E-state index contributed by atoms with van der Waals surface area (Å²) in [5.41, 5.74) is 3.22. The van der Waals surface area contributed by atoms with Crippen LogP contribution < -0.4 is 10.2 Å². The van der Waals surface area contributed by atoms with E-state index in [2.05, 4.69) is 17.4 Å². The van der Waals surface area contributed by atoms with Crippen molar-refractivity contribution in [1.82, 2.24) is 5.32 Å². The molecule has 2 fully saturated rings. The number of hydrogen-bond acceptors (Lipinski definition) is 3. The zero-order chi connectivity index (χ0) is 16.0. The van der Waals surface area contributed by atoms with Crippen molar-refractivity contribution in [3.63, 3.8) is 0 Å². The molecule has 0 radical (unpaired) electrons. The van der Waals surface area contributed by atoms with E-state index in [1.807, 2.05) is 47.4 Å². The zero-order valence-corrected chi connectivity index (χ0v) is 14.0. The predicted molar refractivity (Wildman–Crippen MR) is 96.3 cm³/mol. The molecule has 2 aliphatic rings. The predicted octanol–water partition coefficient (Wildman–Crippen LogP) is 2.21. The molecule has 0 unspecified atom stereocenters. The van der Waals surface area contributed by atoms with Crippen molar-refractivity contribution in [3.05, 3.63) is 54.6 Å². The first-order valence-corrected chi connectivity index (χ1v) is 9.72. The number of nitrogens with zero attached hydrogens (tertiary/aromatic N) is 1. The molecule has 0 bridgehead atoms. The van der Waals surface area contributed by atoms with Gasteiger partial charge in [0, 0.05) is 5.69 Å². The second-order valence-corrected chi connectivity index (χ2v) is 8.52. The molecule has 0 aromatic heterocycles. The number of thiocarbonyl (C=S) groups is 1. The summed E-state index contributed by atoms with van der Waals surface area (Å²) in [5, 5.41) is 3.76. The Morgan fingerprint density at radius 2 is 1.61 bits per heavy atom. The van der Waals surface area contributed by atoms with Crippen LogP contribution in [0.25, 0.3) is 11.1 Å². The molecular formula is C17H16N2O2S2. The Bertz CT molecular complexity index is 848. The van der Waals surface area contributed by atoms with Gasteiger partial charge in [-0.15, -0.1) is 0 Å². The summed E-state index contributed by atoms with van der Waals surface area (Å²) in [7, 11) is -2.98. The van der Waals surface area contributed by atoms with Gasteiger partial charge in [0.15, 0.2) is 14.9 Å². The van der Waals surface area contributed by atoms with Crippen molar-refractivity contribution in [1.29, 1.82) is 0 Å². The van der Waals surface area contributed by atoms with E-state index in [4.69, 9.17) is 12.2 Å². The van der Waals surface area contributed by atoms with Gasteiger partial charge in [-0.2, -0.15) is 0 Å². The van der Waals surface area contributed by atoms with Gasteiger partial charge in [0.1, 0.15) is 0 Å². The van der Waals surface area contributed by atoms with E-state index in [1.165, 1.54) is 0 Å². The van der Waals surface area contributed by atoms with Crippen molar-refractivity contribution in [3.8, 4) is 11.1 Å². The molecule has 23 heavy (non-hydrogen) atoms. The SMILES string of the molecule is O=S1(=O)C[C@@H]2NC(=S)N(c3ccc(-c4ccccc4)cc3)[C@@H]2C1. The highest BCUT2D eigenvalue weighted by Gasteiger charge is 2.47. The molecule has 2 aromatic carbocycles. The van der Waals surface area contributed by atoms with E-state index in [0.717, 1.165) is 16.8 Å². The molecule has 118 valence electrons. The van der Waals surface area contributed by atoms with Gasteiger partial charge >= 0.3 is 0 Å². The third-order valence-corrected chi connectivity index (χ3v) is 6.47. The molecule has 1 N–H and O–H groups in total. The van der Waals surface area contributed by atoms with Crippen LogP contribution >= 0.6 is 12.2 Å². The van der Waals surface area contributed by atoms with Gasteiger partial charge in [0.25, 0.3) is 0 Å². The third-order valence-electron chi connectivity index (χ3n) is 4.43. The number of benzene rings is 2. The third kappa shape index (κ3) is 2.62. The van der Waals surface area contributed by atoms with Crippen LogP contribution in [-0.2, 0) is 9.84 Å². The van der Waals surface area contributed by atoms with Gasteiger partial charge in [0.2, 0.25) is 0 Å². The second-order valence-electron chi connectivity index (χ2n) is 5.98. The summed E-state index contributed by atoms with van der Waals surface area (Å²) in [6.07, 6.45) is 0. The van der Waals surface area contributed by atoms with Gasteiger partial charge in [-0.3, -0.25) is 0 Å². The first kappa shape index (κ1) is 14.7. The number of fused-ring (bicyclic) bond motifs is 1. The number of anilines is 1. The fraction of sp³-hybridized carbons (Fsp3) is 0.235. The van der Waals surface area contributed by atoms with Gasteiger partial charge < -0.3 is 10.2 Å². The lowest BCUT2D eigenvalue weighted by Gasteiger charge is -2.23. The van der Waals surface area contributed by atoms with Crippen LogP contribution in [0.3, 0.4) is 0 Å². The van der Waals surface area contributed by atoms with Crippen molar-refractivity contribution < 1.29 is 8.42 Å². The Morgan fingerprint density at radius 1 is 0.957 bits per heavy atom. The van der Waals surface area contributed by atoms with Gasteiger partial charge in [0.05, 0.1) is 23.6 Å². The summed E-state index contributed by atoms with van der Waals surface area (Å²) in [5.74, 6) is 0.321. The van der Waals surface area contributed by atoms with Gasteiger partial charge in [-0.1, -0.05) is 42.5 Å². The molecule has 0 aliphatic carbocycles. The Labute approximate surface area is 141 Å². The molecule has 0 amide bonds. The van der Waals surface area contributed by atoms with Crippen LogP contribution in [0.2, 0.25) is 0 Å². The number of hydrogen-bond donors (Lipinski definition) is 1. The van der Waals surface area contributed by atoms with Crippen LogP contribution in [0.15, 0.2) is 54.6 Å². The highest BCUT2D eigenvalue weighted by Crippen LogP contribution is 2.31. The van der Waals surface area contributed by atoms with Gasteiger partial charge in [-0.05, 0) is 35.5 Å². The van der Waals surface area contributed by atoms with Crippen LogP contribution in [-0.4, -0.2) is 37.1 Å². The van der Waals surface area contributed by atoms with Crippen molar-refractivity contribution in [2.45, 2.75) is 12.1 Å². The average Bonchev–Trinajstić information content (AvgIpc) is 2.98. The summed E-state index contributed by atoms with van der Waals surface area (Å²) in [6, 6.07) is 18.0. The molecule has 2 aliphatic heterocycles. The Balaban J connectivity index is 1.64. The smallest absolute Gasteiger partial charge is 0.174 e. The lowest BCUT2D eigenvalue weighted by atomic mass is 10.0. The molecule has 4 rings (SSSR count). The van der Waals surface area contributed by atoms with Crippen LogP contribution in [0, 0.1) is 0 Å². The molecule has 2 atom stereocenters. The summed E-state index contributed by atoms with van der Waals surface area (Å²) < 4.78 is 23.7. The van der Waals surface area contributed by atoms with Crippen molar-refractivity contribution >= 4 is 32.9 Å². The largest absolute Gasteiger partial charge is 0.356 e. The molecule has 0 spiro atoms. The minimum Gasteiger partial charge on any atom is -0.356 e. The Kier molecular flexibility index (Phi) is 3.39. The van der Waals surface area contributed by atoms with Gasteiger partial charge in [-0.25, -0.2) is 8.42 Å². The quantitative estimate of drug-likeness (QED) is 0.847. The fourth-order valence-electron chi connectivity index (χ4n) is 3.35. The maximum atomic E-state index is 11.9. The highest BCUT2D eigenvalue weighted by molar-refractivity contribution is 7.91. The Morgan fingerprint density at radius 3 is 2.30 bits per heavy atom. The van der Waals surface area contributed by atoms with Crippen molar-refractivity contribution in [2.75, 3.05) is 16.4 Å². The van der Waals surface area contributed by atoms with E-state index < -0.39 is 9.84 Å².